The molecule has 0 rings (SSSR count). The van der Waals surface area contributed by atoms with Crippen molar-refractivity contribution in [1.82, 2.24) is 0 Å². The van der Waals surface area contributed by atoms with E-state index in [2.05, 4.69) is 16.3 Å². The minimum atomic E-state index is 0. The number of rotatable bonds is 6. The normalized spacial score (nSPS) is 9.00. The van der Waals surface area contributed by atoms with E-state index in [-0.39, 0.29) is 29.6 Å². The van der Waals surface area contributed by atoms with Crippen molar-refractivity contribution in [2.75, 3.05) is 5.75 Å². The fourth-order valence-electron chi connectivity index (χ4n) is 0.465. The third kappa shape index (κ3) is 12.0. The SMILES string of the molecule is CCCCCSOO[O-].[Na+]. The second kappa shape index (κ2) is 12.9. The second-order valence-corrected chi connectivity index (χ2v) is 2.45. The number of unbranched alkanes of at least 4 members (excludes halogenated alkanes) is 2. The molecule has 56 valence electrons. The fourth-order valence-corrected chi connectivity index (χ4v) is 0.894. The Kier molecular flexibility index (Phi) is 17.8. The maximum Gasteiger partial charge on any atom is 1.00 e. The van der Waals surface area contributed by atoms with Gasteiger partial charge in [0.1, 0.15) is 0 Å². The van der Waals surface area contributed by atoms with Gasteiger partial charge in [-0.15, -0.1) is 0 Å². The van der Waals surface area contributed by atoms with Crippen LogP contribution in [0.4, 0.5) is 0 Å². The van der Waals surface area contributed by atoms with Crippen LogP contribution < -0.4 is 34.8 Å². The van der Waals surface area contributed by atoms with E-state index < -0.39 is 0 Å². The van der Waals surface area contributed by atoms with Gasteiger partial charge >= 0.3 is 29.6 Å². The molecule has 0 aliphatic heterocycles. The third-order valence-corrected chi connectivity index (χ3v) is 1.51. The molecule has 0 aromatic rings. The molecule has 0 aromatic heterocycles. The molecular formula is C5H11NaO3S. The van der Waals surface area contributed by atoms with Gasteiger partial charge in [0.05, 0.1) is 0 Å². The van der Waals surface area contributed by atoms with Crippen LogP contribution in [0.2, 0.25) is 0 Å². The van der Waals surface area contributed by atoms with Crippen LogP contribution in [0, 0.1) is 0 Å². The van der Waals surface area contributed by atoms with Crippen molar-refractivity contribution in [1.29, 1.82) is 0 Å². The quantitative estimate of drug-likeness (QED) is 0.154. The number of hydrogen-bond donors (Lipinski definition) is 0. The summed E-state index contributed by atoms with van der Waals surface area (Å²) >= 11 is 1.06. The fraction of sp³-hybridized carbons (Fsp3) is 1.00. The molecular weight excluding hydrogens is 163 g/mol. The maximum absolute atomic E-state index is 9.22. The van der Waals surface area contributed by atoms with Crippen LogP contribution >= 0.6 is 12.0 Å². The zero-order chi connectivity index (χ0) is 6.95. The van der Waals surface area contributed by atoms with E-state index in [1.807, 2.05) is 0 Å². The molecule has 0 atom stereocenters. The summed E-state index contributed by atoms with van der Waals surface area (Å²) in [6.07, 6.45) is 3.43. The van der Waals surface area contributed by atoms with Crippen LogP contribution in [0.1, 0.15) is 26.2 Å². The molecule has 0 aliphatic carbocycles. The molecule has 3 nitrogen and oxygen atoms in total. The summed E-state index contributed by atoms with van der Waals surface area (Å²) < 4.78 is 4.04. The molecule has 0 radical (unpaired) electrons. The smallest absolute Gasteiger partial charge is 0.691 e. The van der Waals surface area contributed by atoms with E-state index in [4.69, 9.17) is 0 Å². The van der Waals surface area contributed by atoms with E-state index in [0.29, 0.717) is 0 Å². The summed E-state index contributed by atoms with van der Waals surface area (Å²) in [5.41, 5.74) is 0. The van der Waals surface area contributed by atoms with Crippen molar-refractivity contribution >= 4 is 12.0 Å². The van der Waals surface area contributed by atoms with Crippen LogP contribution in [0.3, 0.4) is 0 Å². The van der Waals surface area contributed by atoms with Crippen molar-refractivity contribution in [3.63, 3.8) is 0 Å². The summed E-state index contributed by atoms with van der Waals surface area (Å²) in [6, 6.07) is 0. The predicted octanol–water partition coefficient (Wildman–Crippen LogP) is -1.95. The maximum atomic E-state index is 9.22. The van der Waals surface area contributed by atoms with Crippen LogP contribution in [0.5, 0.6) is 0 Å². The topological polar surface area (TPSA) is 41.5 Å². The Labute approximate surface area is 87.8 Å². The van der Waals surface area contributed by atoms with Gasteiger partial charge in [-0.25, -0.2) is 0 Å². The van der Waals surface area contributed by atoms with E-state index >= 15 is 0 Å². The van der Waals surface area contributed by atoms with Gasteiger partial charge in [-0.1, -0.05) is 19.8 Å². The summed E-state index contributed by atoms with van der Waals surface area (Å²) in [4.78, 5) is 0. The molecule has 10 heavy (non-hydrogen) atoms. The van der Waals surface area contributed by atoms with Crippen molar-refractivity contribution in [2.24, 2.45) is 0 Å². The van der Waals surface area contributed by atoms with E-state index in [1.54, 1.807) is 0 Å². The minimum absolute atomic E-state index is 0. The summed E-state index contributed by atoms with van der Waals surface area (Å²) in [5.74, 6) is 0.829. The molecule has 0 N–H and O–H groups in total. The average Bonchev–Trinajstić information content (AvgIpc) is 1.89. The summed E-state index contributed by atoms with van der Waals surface area (Å²) in [5, 5.41) is 12.4. The van der Waals surface area contributed by atoms with Gasteiger partial charge in [0.15, 0.2) is 0 Å². The Bertz CT molecular complexity index is 50.2. The zero-order valence-corrected chi connectivity index (χ0v) is 9.28. The Hall–Kier alpha value is 1.23. The van der Waals surface area contributed by atoms with Crippen molar-refractivity contribution in [3.8, 4) is 0 Å². The average molecular weight is 174 g/mol. The number of hydrogen-bond acceptors (Lipinski definition) is 4. The first-order chi connectivity index (χ1) is 4.41. The summed E-state index contributed by atoms with van der Waals surface area (Å²) in [6.45, 7) is 2.12. The minimum Gasteiger partial charge on any atom is -0.691 e. The van der Waals surface area contributed by atoms with Crippen molar-refractivity contribution in [3.05, 3.63) is 0 Å². The Balaban J connectivity index is 0. The monoisotopic (exact) mass is 174 g/mol. The van der Waals surface area contributed by atoms with Crippen LogP contribution in [0.15, 0.2) is 0 Å². The molecule has 0 amide bonds. The standard InChI is InChI=1S/C5H12O3S.Na/c1-2-3-4-5-9-8-7-6;/h6H,2-5H2,1H3;/q;+1/p-1. The van der Waals surface area contributed by atoms with Gasteiger partial charge in [-0.05, 0) is 6.42 Å². The zero-order valence-electron chi connectivity index (χ0n) is 6.46. The largest absolute Gasteiger partial charge is 1.00 e. The molecule has 0 saturated heterocycles. The molecule has 0 spiro atoms. The first-order valence-electron chi connectivity index (χ1n) is 3.00. The molecule has 0 bridgehead atoms. The van der Waals surface area contributed by atoms with Gasteiger partial charge in [0.25, 0.3) is 0 Å². The van der Waals surface area contributed by atoms with E-state index in [0.717, 1.165) is 24.2 Å². The first-order valence-corrected chi connectivity index (χ1v) is 3.91. The molecule has 0 aliphatic rings. The molecule has 5 heteroatoms. The third-order valence-electron chi connectivity index (χ3n) is 0.907. The molecule has 0 fully saturated rings. The molecule has 0 aromatic carbocycles. The Morgan fingerprint density at radius 2 is 2.10 bits per heavy atom. The van der Waals surface area contributed by atoms with Crippen LogP contribution in [0.25, 0.3) is 0 Å². The summed E-state index contributed by atoms with van der Waals surface area (Å²) in [7, 11) is 0. The van der Waals surface area contributed by atoms with Gasteiger partial charge in [0, 0.05) is 17.8 Å². The molecule has 0 saturated carbocycles. The first kappa shape index (κ1) is 13.8. The Morgan fingerprint density at radius 3 is 2.60 bits per heavy atom. The Morgan fingerprint density at radius 1 is 1.40 bits per heavy atom. The van der Waals surface area contributed by atoms with Gasteiger partial charge < -0.3 is 5.26 Å². The van der Waals surface area contributed by atoms with Crippen LogP contribution in [-0.4, -0.2) is 5.75 Å². The molecule has 0 unspecified atom stereocenters. The van der Waals surface area contributed by atoms with Gasteiger partial charge in [-0.2, -0.15) is 4.33 Å². The van der Waals surface area contributed by atoms with E-state index in [1.165, 1.54) is 12.8 Å². The van der Waals surface area contributed by atoms with Crippen LogP contribution in [-0.2, 0) is 9.37 Å². The van der Waals surface area contributed by atoms with Crippen molar-refractivity contribution in [2.45, 2.75) is 26.2 Å². The van der Waals surface area contributed by atoms with Crippen molar-refractivity contribution < 1.29 is 44.2 Å². The van der Waals surface area contributed by atoms with Gasteiger partial charge in [-0.3, -0.25) is 5.04 Å². The molecule has 0 heterocycles. The predicted molar refractivity (Wildman–Crippen MR) is 34.2 cm³/mol. The van der Waals surface area contributed by atoms with Gasteiger partial charge in [0.2, 0.25) is 0 Å². The van der Waals surface area contributed by atoms with E-state index in [9.17, 15) is 5.26 Å². The second-order valence-electron chi connectivity index (χ2n) is 1.67.